The molecule has 0 aliphatic rings. The summed E-state index contributed by atoms with van der Waals surface area (Å²) in [7, 11) is 1.72. The fourth-order valence-electron chi connectivity index (χ4n) is 1.07. The Morgan fingerprint density at radius 2 is 2.17 bits per heavy atom. The molecule has 2 N–H and O–H groups in total. The van der Waals surface area contributed by atoms with E-state index in [2.05, 4.69) is 6.58 Å². The van der Waals surface area contributed by atoms with E-state index in [4.69, 9.17) is 10.5 Å². The Labute approximate surface area is 75.8 Å². The SMILES string of the molecule is C=C(C)CCC(N)CCCOC. The summed E-state index contributed by atoms with van der Waals surface area (Å²) in [6, 6.07) is 0.317. The van der Waals surface area contributed by atoms with Gasteiger partial charge in [-0.05, 0) is 32.6 Å². The van der Waals surface area contributed by atoms with Crippen molar-refractivity contribution in [2.75, 3.05) is 13.7 Å². The second-order valence-corrected chi connectivity index (χ2v) is 3.39. The van der Waals surface area contributed by atoms with Crippen LogP contribution in [0.3, 0.4) is 0 Å². The Hall–Kier alpha value is -0.340. The van der Waals surface area contributed by atoms with E-state index in [1.807, 2.05) is 6.92 Å². The van der Waals surface area contributed by atoms with Gasteiger partial charge in [0.1, 0.15) is 0 Å². The van der Waals surface area contributed by atoms with Crippen LogP contribution in [0.25, 0.3) is 0 Å². The van der Waals surface area contributed by atoms with Crippen molar-refractivity contribution >= 4 is 0 Å². The minimum atomic E-state index is 0.317. The van der Waals surface area contributed by atoms with E-state index in [1.54, 1.807) is 7.11 Å². The maximum absolute atomic E-state index is 5.87. The van der Waals surface area contributed by atoms with Crippen molar-refractivity contribution in [3.63, 3.8) is 0 Å². The Bertz CT molecular complexity index is 123. The van der Waals surface area contributed by atoms with Gasteiger partial charge in [0, 0.05) is 19.8 Å². The summed E-state index contributed by atoms with van der Waals surface area (Å²) >= 11 is 0. The molecule has 0 saturated heterocycles. The third kappa shape index (κ3) is 7.76. The molecule has 0 bridgehead atoms. The molecule has 0 amide bonds. The fraction of sp³-hybridized carbons (Fsp3) is 0.800. The lowest BCUT2D eigenvalue weighted by atomic mass is 10.0. The van der Waals surface area contributed by atoms with E-state index in [0.717, 1.165) is 32.3 Å². The van der Waals surface area contributed by atoms with Crippen molar-refractivity contribution in [3.05, 3.63) is 12.2 Å². The Morgan fingerprint density at radius 1 is 1.50 bits per heavy atom. The minimum Gasteiger partial charge on any atom is -0.385 e. The van der Waals surface area contributed by atoms with Crippen LogP contribution in [-0.4, -0.2) is 19.8 Å². The molecule has 0 aliphatic heterocycles. The number of rotatable bonds is 7. The molecule has 0 aliphatic carbocycles. The summed E-state index contributed by atoms with van der Waals surface area (Å²) in [6.07, 6.45) is 4.22. The molecule has 0 fully saturated rings. The van der Waals surface area contributed by atoms with Crippen molar-refractivity contribution < 1.29 is 4.74 Å². The standard InChI is InChI=1S/C10H21NO/c1-9(2)6-7-10(11)5-4-8-12-3/h10H,1,4-8,11H2,2-3H3. The predicted octanol–water partition coefficient (Wildman–Crippen LogP) is 2.10. The van der Waals surface area contributed by atoms with E-state index in [1.165, 1.54) is 5.57 Å². The number of ether oxygens (including phenoxy) is 1. The zero-order valence-electron chi connectivity index (χ0n) is 8.31. The van der Waals surface area contributed by atoms with Gasteiger partial charge in [0.15, 0.2) is 0 Å². The predicted molar refractivity (Wildman–Crippen MR) is 53.1 cm³/mol. The van der Waals surface area contributed by atoms with Crippen LogP contribution in [0.4, 0.5) is 0 Å². The van der Waals surface area contributed by atoms with Crippen LogP contribution in [0.5, 0.6) is 0 Å². The van der Waals surface area contributed by atoms with Crippen LogP contribution in [-0.2, 0) is 4.74 Å². The number of methoxy groups -OCH3 is 1. The summed E-state index contributed by atoms with van der Waals surface area (Å²) in [5.41, 5.74) is 7.09. The average Bonchev–Trinajstić information content (AvgIpc) is 2.01. The van der Waals surface area contributed by atoms with Gasteiger partial charge in [-0.15, -0.1) is 6.58 Å². The summed E-state index contributed by atoms with van der Waals surface area (Å²) in [5.74, 6) is 0. The second-order valence-electron chi connectivity index (χ2n) is 3.39. The van der Waals surface area contributed by atoms with Crippen molar-refractivity contribution in [1.29, 1.82) is 0 Å². The van der Waals surface area contributed by atoms with E-state index in [0.29, 0.717) is 6.04 Å². The highest BCUT2D eigenvalue weighted by Crippen LogP contribution is 2.06. The maximum Gasteiger partial charge on any atom is 0.0462 e. The molecule has 72 valence electrons. The molecular weight excluding hydrogens is 150 g/mol. The van der Waals surface area contributed by atoms with Crippen LogP contribution in [0.1, 0.15) is 32.6 Å². The van der Waals surface area contributed by atoms with Gasteiger partial charge >= 0.3 is 0 Å². The number of nitrogens with two attached hydrogens (primary N) is 1. The van der Waals surface area contributed by atoms with Gasteiger partial charge in [0.2, 0.25) is 0 Å². The Morgan fingerprint density at radius 3 is 2.67 bits per heavy atom. The van der Waals surface area contributed by atoms with Crippen molar-refractivity contribution in [2.24, 2.45) is 5.73 Å². The van der Waals surface area contributed by atoms with Gasteiger partial charge in [-0.3, -0.25) is 0 Å². The molecule has 1 unspecified atom stereocenters. The minimum absolute atomic E-state index is 0.317. The third-order valence-electron chi connectivity index (χ3n) is 1.87. The highest BCUT2D eigenvalue weighted by atomic mass is 16.5. The van der Waals surface area contributed by atoms with Gasteiger partial charge in [-0.2, -0.15) is 0 Å². The first-order chi connectivity index (χ1) is 5.66. The highest BCUT2D eigenvalue weighted by Gasteiger charge is 2.01. The topological polar surface area (TPSA) is 35.2 Å². The molecule has 0 heterocycles. The molecular formula is C10H21NO. The first-order valence-corrected chi connectivity index (χ1v) is 4.55. The van der Waals surface area contributed by atoms with Crippen LogP contribution in [0.2, 0.25) is 0 Å². The number of hydrogen-bond acceptors (Lipinski definition) is 2. The molecule has 0 radical (unpaired) electrons. The quantitative estimate of drug-likeness (QED) is 0.470. The molecule has 0 saturated carbocycles. The lowest BCUT2D eigenvalue weighted by Gasteiger charge is -2.10. The van der Waals surface area contributed by atoms with Crippen LogP contribution >= 0.6 is 0 Å². The summed E-state index contributed by atoms with van der Waals surface area (Å²) in [4.78, 5) is 0. The van der Waals surface area contributed by atoms with E-state index in [-0.39, 0.29) is 0 Å². The van der Waals surface area contributed by atoms with Crippen LogP contribution in [0, 0.1) is 0 Å². The summed E-state index contributed by atoms with van der Waals surface area (Å²) in [5, 5.41) is 0. The fourth-order valence-corrected chi connectivity index (χ4v) is 1.07. The average molecular weight is 171 g/mol. The van der Waals surface area contributed by atoms with E-state index < -0.39 is 0 Å². The van der Waals surface area contributed by atoms with Gasteiger partial charge in [0.05, 0.1) is 0 Å². The second kappa shape index (κ2) is 7.32. The lowest BCUT2D eigenvalue weighted by Crippen LogP contribution is -2.20. The molecule has 2 nitrogen and oxygen atoms in total. The molecule has 1 atom stereocenters. The molecule has 2 heteroatoms. The number of allylic oxidation sites excluding steroid dienone is 1. The molecule has 0 spiro atoms. The van der Waals surface area contributed by atoms with Gasteiger partial charge in [-0.1, -0.05) is 5.57 Å². The third-order valence-corrected chi connectivity index (χ3v) is 1.87. The first kappa shape index (κ1) is 11.7. The number of hydrogen-bond donors (Lipinski definition) is 1. The van der Waals surface area contributed by atoms with E-state index >= 15 is 0 Å². The lowest BCUT2D eigenvalue weighted by molar-refractivity contribution is 0.190. The Balaban J connectivity index is 3.21. The van der Waals surface area contributed by atoms with Crippen molar-refractivity contribution in [2.45, 2.75) is 38.6 Å². The van der Waals surface area contributed by atoms with E-state index in [9.17, 15) is 0 Å². The smallest absolute Gasteiger partial charge is 0.0462 e. The van der Waals surface area contributed by atoms with Crippen molar-refractivity contribution in [3.8, 4) is 0 Å². The van der Waals surface area contributed by atoms with Crippen LogP contribution < -0.4 is 5.73 Å². The molecule has 0 aromatic rings. The van der Waals surface area contributed by atoms with Gasteiger partial charge in [-0.25, -0.2) is 0 Å². The van der Waals surface area contributed by atoms with Crippen molar-refractivity contribution in [1.82, 2.24) is 0 Å². The van der Waals surface area contributed by atoms with Gasteiger partial charge in [0.25, 0.3) is 0 Å². The van der Waals surface area contributed by atoms with Crippen LogP contribution in [0.15, 0.2) is 12.2 Å². The molecule has 0 rings (SSSR count). The first-order valence-electron chi connectivity index (χ1n) is 4.55. The normalized spacial score (nSPS) is 12.9. The summed E-state index contributed by atoms with van der Waals surface area (Å²) in [6.45, 7) is 6.71. The Kier molecular flexibility index (Phi) is 7.11. The zero-order valence-corrected chi connectivity index (χ0v) is 8.31. The maximum atomic E-state index is 5.87. The van der Waals surface area contributed by atoms with Gasteiger partial charge < -0.3 is 10.5 Å². The largest absolute Gasteiger partial charge is 0.385 e. The zero-order chi connectivity index (χ0) is 9.40. The molecule has 0 aromatic heterocycles. The summed E-state index contributed by atoms with van der Waals surface area (Å²) < 4.78 is 4.94. The molecule has 0 aromatic carbocycles. The molecule has 12 heavy (non-hydrogen) atoms. The monoisotopic (exact) mass is 171 g/mol. The highest BCUT2D eigenvalue weighted by molar-refractivity contribution is 4.88.